The van der Waals surface area contributed by atoms with E-state index >= 15 is 0 Å². The van der Waals surface area contributed by atoms with Gasteiger partial charge in [0.15, 0.2) is 17.3 Å². The number of fused-ring (bicyclic) bond motifs is 1. The van der Waals surface area contributed by atoms with Crippen LogP contribution < -0.4 is 26.4 Å². The van der Waals surface area contributed by atoms with Crippen LogP contribution in [0.15, 0.2) is 108 Å². The van der Waals surface area contributed by atoms with E-state index in [1.807, 2.05) is 25.4 Å². The molecule has 0 bridgehead atoms. The Labute approximate surface area is 350 Å². The zero-order valence-corrected chi connectivity index (χ0v) is 34.9. The van der Waals surface area contributed by atoms with E-state index in [4.69, 9.17) is 10.5 Å². The van der Waals surface area contributed by atoms with Crippen LogP contribution in [-0.2, 0) is 35.3 Å². The van der Waals surface area contributed by atoms with Crippen LogP contribution in [0.25, 0.3) is 5.57 Å². The van der Waals surface area contributed by atoms with Gasteiger partial charge in [-0.15, -0.1) is 0 Å². The van der Waals surface area contributed by atoms with Crippen LogP contribution in [-0.4, -0.2) is 67.8 Å². The molecule has 6 rings (SSSR count). The minimum Gasteiger partial charge on any atom is -0.504 e. The number of aromatic hydroxyl groups is 1. The fraction of sp³-hybridized carbons (Fsp3) is 0.440. The third-order valence-electron chi connectivity index (χ3n) is 12.5. The van der Waals surface area contributed by atoms with Crippen molar-refractivity contribution in [3.8, 4) is 11.5 Å². The largest absolute Gasteiger partial charge is 0.504 e. The molecule has 3 aliphatic rings. The summed E-state index contributed by atoms with van der Waals surface area (Å²) in [6, 6.07) is 23.0. The molecule has 2 aliphatic heterocycles. The molecule has 7 N–H and O–H groups in total. The second kappa shape index (κ2) is 22.0. The number of nitrogens with one attached hydrogen (secondary N) is 3. The van der Waals surface area contributed by atoms with Crippen LogP contribution >= 0.6 is 0 Å². The zero-order valence-electron chi connectivity index (χ0n) is 34.9. The minimum atomic E-state index is -0.422. The number of aliphatic hydroxyl groups excluding tert-OH is 1. The Morgan fingerprint density at radius 2 is 1.69 bits per heavy atom. The number of hydrogen-bond acceptors (Lipinski definition) is 9. The molecule has 59 heavy (non-hydrogen) atoms. The molecule has 1 unspecified atom stereocenters. The summed E-state index contributed by atoms with van der Waals surface area (Å²) in [6.45, 7) is 1.71. The highest BCUT2D eigenvalue weighted by atomic mass is 16.5. The lowest BCUT2D eigenvalue weighted by Gasteiger charge is -2.42. The van der Waals surface area contributed by atoms with E-state index in [0.717, 1.165) is 75.6 Å². The zero-order chi connectivity index (χ0) is 41.6. The molecule has 9 nitrogen and oxygen atoms in total. The van der Waals surface area contributed by atoms with Gasteiger partial charge in [0.25, 0.3) is 0 Å². The summed E-state index contributed by atoms with van der Waals surface area (Å²) in [4.78, 5) is 26.3. The number of phenols is 1. The first-order valence-corrected chi connectivity index (χ1v) is 21.6. The molecule has 0 radical (unpaired) electrons. The van der Waals surface area contributed by atoms with E-state index in [1.165, 1.54) is 36.3 Å². The Bertz CT molecular complexity index is 2000. The Hall–Kier alpha value is -4.80. The molecule has 0 spiro atoms. The highest BCUT2D eigenvalue weighted by Crippen LogP contribution is 2.38. The molecule has 1 fully saturated rings. The third-order valence-corrected chi connectivity index (χ3v) is 12.5. The van der Waals surface area contributed by atoms with Gasteiger partial charge in [-0.3, -0.25) is 9.59 Å². The normalized spacial score (nSPS) is 21.6. The van der Waals surface area contributed by atoms with Gasteiger partial charge in [0, 0.05) is 25.2 Å². The molecular formula is C50H64N4O5. The molecule has 9 heteroatoms. The Morgan fingerprint density at radius 3 is 2.46 bits per heavy atom. The number of carbonyl (C=O) groups excluding carboxylic acids is 2. The summed E-state index contributed by atoms with van der Waals surface area (Å²) in [5, 5.41) is 31.7. The van der Waals surface area contributed by atoms with Gasteiger partial charge >= 0.3 is 0 Å². The highest BCUT2D eigenvalue weighted by molar-refractivity contribution is 6.07. The van der Waals surface area contributed by atoms with Gasteiger partial charge in [-0.25, -0.2) is 0 Å². The molecule has 5 atom stereocenters. The number of Topliss-reactive ketones (excluding diaryl/α,β-unsaturated/α-hetero) is 1. The number of methoxy groups -OCH3 is 1. The number of aliphatic hydroxyl groups is 1. The van der Waals surface area contributed by atoms with Crippen molar-refractivity contribution in [3.63, 3.8) is 0 Å². The van der Waals surface area contributed by atoms with Gasteiger partial charge in [-0.1, -0.05) is 79.6 Å². The summed E-state index contributed by atoms with van der Waals surface area (Å²) in [7, 11) is 3.51. The minimum absolute atomic E-state index is 0.0408. The lowest BCUT2D eigenvalue weighted by atomic mass is 9.68. The number of allylic oxidation sites excluding steroid dienone is 3. The number of dihydropyridines is 1. The predicted molar refractivity (Wildman–Crippen MR) is 237 cm³/mol. The van der Waals surface area contributed by atoms with E-state index in [0.29, 0.717) is 53.3 Å². The molecule has 0 aromatic heterocycles. The van der Waals surface area contributed by atoms with E-state index in [9.17, 15) is 19.8 Å². The molecule has 3 aromatic rings. The number of piperidine rings is 1. The van der Waals surface area contributed by atoms with Gasteiger partial charge in [-0.2, -0.15) is 0 Å². The van der Waals surface area contributed by atoms with Crippen LogP contribution in [0.1, 0.15) is 79.2 Å². The number of carbonyl (C=O) groups is 2. The van der Waals surface area contributed by atoms with Gasteiger partial charge in [-0.05, 0) is 152 Å². The fourth-order valence-electron chi connectivity index (χ4n) is 9.28. The van der Waals surface area contributed by atoms with Crippen LogP contribution in [0.5, 0.6) is 11.5 Å². The van der Waals surface area contributed by atoms with Crippen molar-refractivity contribution in [2.45, 2.75) is 89.3 Å². The molecule has 0 amide bonds. The summed E-state index contributed by atoms with van der Waals surface area (Å²) in [5.41, 5.74) is 14.0. The van der Waals surface area contributed by atoms with Gasteiger partial charge in [0.2, 0.25) is 0 Å². The van der Waals surface area contributed by atoms with Crippen molar-refractivity contribution in [3.05, 3.63) is 136 Å². The molecule has 3 aromatic carbocycles. The number of hydrogen-bond donors (Lipinski definition) is 6. The lowest BCUT2D eigenvalue weighted by molar-refractivity contribution is -0.124. The number of phenolic OH excluding ortho intramolecular Hbond substituents is 1. The van der Waals surface area contributed by atoms with Crippen molar-refractivity contribution in [2.24, 2.45) is 23.5 Å². The number of unbranched alkanes of at least 4 members (excludes halogenated alkanes) is 2. The molecule has 0 saturated carbocycles. The van der Waals surface area contributed by atoms with Gasteiger partial charge in [0.05, 0.1) is 26.3 Å². The fourth-order valence-corrected chi connectivity index (χ4v) is 9.28. The number of likely N-dealkylation sites (N-methyl/N-ethyl adjacent to an activating group) is 1. The quantitative estimate of drug-likeness (QED) is 0.0293. The van der Waals surface area contributed by atoms with E-state index in [-0.39, 0.29) is 35.7 Å². The molecule has 314 valence electrons. The molecule has 1 saturated heterocycles. The smallest absolute Gasteiger partial charge is 0.163 e. The average molecular weight is 801 g/mol. The first kappa shape index (κ1) is 43.8. The first-order valence-electron chi connectivity index (χ1n) is 21.6. The maximum absolute atomic E-state index is 13.3. The number of benzene rings is 3. The number of ether oxygens (including phenoxy) is 1. The Morgan fingerprint density at radius 1 is 0.932 bits per heavy atom. The Balaban J connectivity index is 1.06. The molecule has 2 heterocycles. The van der Waals surface area contributed by atoms with Crippen LogP contribution in [0.2, 0.25) is 0 Å². The number of rotatable bonds is 21. The number of nitrogens with two attached hydrogens (primary N) is 1. The Kier molecular flexibility index (Phi) is 16.3. The topological polar surface area (TPSA) is 146 Å². The monoisotopic (exact) mass is 800 g/mol. The second-order valence-corrected chi connectivity index (χ2v) is 16.5. The van der Waals surface area contributed by atoms with Gasteiger partial charge < -0.3 is 36.6 Å². The van der Waals surface area contributed by atoms with E-state index in [1.54, 1.807) is 12.1 Å². The second-order valence-electron chi connectivity index (χ2n) is 16.5. The van der Waals surface area contributed by atoms with Crippen molar-refractivity contribution < 1.29 is 24.5 Å². The highest BCUT2D eigenvalue weighted by Gasteiger charge is 2.36. The summed E-state index contributed by atoms with van der Waals surface area (Å²) >= 11 is 0. The lowest BCUT2D eigenvalue weighted by Crippen LogP contribution is -2.47. The standard InChI is InChI=1S/C50H64N4O5/c1-52-47-21-20-38-31-53-23-22-44(38)45(47)15-8-4-7-14-42(56)29-43(57)26-41(33-55)46-30-49(59-2)48(58)27-39(46)25-40-32-54-50(51)28-37(40)19-18-36-13-9-12-35(24-36)17-16-34-10-5-3-6-11-34/h3,5-6,9-13,20-21,24,26-28,30,32,38,44-45,47,50,52-55,58H,4,7-8,14-19,22-23,25,29,31,33,51H2,1-2H3/b41-26+/t38-,44-,45+,47+,50?/m1/s1. The van der Waals surface area contributed by atoms with Crippen molar-refractivity contribution in [1.82, 2.24) is 16.0 Å². The van der Waals surface area contributed by atoms with Crippen molar-refractivity contribution in [2.75, 3.05) is 33.9 Å². The van der Waals surface area contributed by atoms with Crippen LogP contribution in [0, 0.1) is 17.8 Å². The maximum atomic E-state index is 13.3. The van der Waals surface area contributed by atoms with Crippen LogP contribution in [0.3, 0.4) is 0 Å². The first-order chi connectivity index (χ1) is 28.7. The molecular weight excluding hydrogens is 737 g/mol. The predicted octanol–water partition coefficient (Wildman–Crippen LogP) is 6.91. The molecule has 1 aliphatic carbocycles. The van der Waals surface area contributed by atoms with E-state index < -0.39 is 6.61 Å². The summed E-state index contributed by atoms with van der Waals surface area (Å²) < 4.78 is 5.45. The maximum Gasteiger partial charge on any atom is 0.163 e. The summed E-state index contributed by atoms with van der Waals surface area (Å²) in [5.74, 6) is 1.64. The third kappa shape index (κ3) is 12.4. The van der Waals surface area contributed by atoms with Crippen molar-refractivity contribution >= 4 is 17.1 Å². The average Bonchev–Trinajstić information content (AvgIpc) is 3.25. The number of ketones is 2. The van der Waals surface area contributed by atoms with Crippen LogP contribution in [0.4, 0.5) is 0 Å². The van der Waals surface area contributed by atoms with Gasteiger partial charge in [0.1, 0.15) is 5.78 Å². The number of aryl methyl sites for hydroxylation is 3. The summed E-state index contributed by atoms with van der Waals surface area (Å²) in [6.07, 6.45) is 18.9. The SMILES string of the molecule is CN[C@H]1C=C[C@@H]2CNCC[C@H]2[C@@H]1CCCCCC(=O)CC(=O)/C=C(\CO)c1cc(OC)c(O)cc1CC1=CNC(N)C=C1CCc1cccc(CCc2ccccc2)c1. The van der Waals surface area contributed by atoms with E-state index in [2.05, 4.69) is 76.6 Å². The van der Waals surface area contributed by atoms with Crippen molar-refractivity contribution in [1.29, 1.82) is 0 Å².